The molecular weight excluding hydrogens is 736 g/mol. The SMILES string of the molecule is Cn1cnc([N+](=O)[O-])c1Sc1ncnc2nc[nH]c12.O=P1(N(CCCl)CCCl)NCCCO1.OC1CCC2C(CCC3C4CCCC4CCC23)C1. The van der Waals surface area contributed by atoms with Gasteiger partial charge in [-0.3, -0.25) is 4.57 Å². The maximum Gasteiger partial charge on any atom is 0.396 e. The maximum absolute atomic E-state index is 12.2. The number of aliphatic hydroxyl groups excluding tert-OH is 1. The first-order chi connectivity index (χ1) is 24.7. The first kappa shape index (κ1) is 38.9. The molecule has 8 atom stereocenters. The van der Waals surface area contributed by atoms with Crippen molar-refractivity contribution in [2.75, 3.05) is 38.0 Å². The van der Waals surface area contributed by atoms with Crippen LogP contribution in [0, 0.1) is 45.6 Å². The molecule has 4 aliphatic carbocycles. The largest absolute Gasteiger partial charge is 0.396 e. The summed E-state index contributed by atoms with van der Waals surface area (Å²) in [5.41, 5.74) is 1.16. The molecule has 4 saturated carbocycles. The van der Waals surface area contributed by atoms with Gasteiger partial charge in [-0.05, 0) is 115 Å². The number of rotatable bonds is 8. The van der Waals surface area contributed by atoms with Crippen LogP contribution >= 0.6 is 42.6 Å². The van der Waals surface area contributed by atoms with E-state index in [-0.39, 0.29) is 11.9 Å². The summed E-state index contributed by atoms with van der Waals surface area (Å²) in [6.07, 6.45) is 19.4. The molecule has 3 aromatic heterocycles. The highest BCUT2D eigenvalue weighted by molar-refractivity contribution is 7.99. The lowest BCUT2D eigenvalue weighted by Crippen LogP contribution is -2.45. The fraction of sp³-hybridized carbons (Fsp3) is 0.758. The minimum atomic E-state index is -2.84. The summed E-state index contributed by atoms with van der Waals surface area (Å²) in [5.74, 6) is 6.88. The highest BCUT2D eigenvalue weighted by atomic mass is 35.5. The van der Waals surface area contributed by atoms with Gasteiger partial charge in [-0.1, -0.05) is 12.8 Å². The molecule has 4 heterocycles. The van der Waals surface area contributed by atoms with Crippen LogP contribution in [0.5, 0.6) is 0 Å². The second-order valence-corrected chi connectivity index (χ2v) is 18.2. The van der Waals surface area contributed by atoms with Gasteiger partial charge in [0.1, 0.15) is 16.9 Å². The average molecular weight is 787 g/mol. The Kier molecular flexibility index (Phi) is 13.7. The van der Waals surface area contributed by atoms with E-state index in [9.17, 15) is 19.8 Å². The lowest BCUT2D eigenvalue weighted by molar-refractivity contribution is -0.392. The van der Waals surface area contributed by atoms with Gasteiger partial charge in [0.15, 0.2) is 10.7 Å². The zero-order chi connectivity index (χ0) is 36.0. The summed E-state index contributed by atoms with van der Waals surface area (Å²) >= 11 is 12.4. The summed E-state index contributed by atoms with van der Waals surface area (Å²) in [6.45, 7) is 2.31. The number of hydrogen-bond donors (Lipinski definition) is 3. The van der Waals surface area contributed by atoms with Gasteiger partial charge in [-0.2, -0.15) is 0 Å². The number of fused-ring (bicyclic) bond motifs is 6. The molecule has 51 heavy (non-hydrogen) atoms. The van der Waals surface area contributed by atoms with Gasteiger partial charge < -0.3 is 29.3 Å². The van der Waals surface area contributed by atoms with Gasteiger partial charge in [-0.25, -0.2) is 24.7 Å². The predicted molar refractivity (Wildman–Crippen MR) is 198 cm³/mol. The van der Waals surface area contributed by atoms with Crippen LogP contribution in [0.25, 0.3) is 11.2 Å². The first-order valence-electron chi connectivity index (χ1n) is 18.2. The molecule has 282 valence electrons. The standard InChI is InChI=1S/C17H28O.C9H7N7O2S.C7H15Cl2N2O2P/c18-13-6-9-15-12(10-13)5-8-16-14-3-1-2-11(14)4-7-17(15)16;1-15-4-14-7(16(17)18)9(15)19-8-5-6(11-2-10-5)12-3-13-8;8-2-5-11(6-3-9)14(12)10-4-1-7-13-14/h11-18H,1-10H2;2-4H,1H3,(H,10,11,12,13);1-7H2,(H,10,12). The van der Waals surface area contributed by atoms with Crippen molar-refractivity contribution in [3.63, 3.8) is 0 Å². The van der Waals surface area contributed by atoms with Crippen LogP contribution in [0.2, 0.25) is 0 Å². The molecule has 1 saturated heterocycles. The summed E-state index contributed by atoms with van der Waals surface area (Å²) in [6, 6.07) is 0. The van der Waals surface area contributed by atoms with Gasteiger partial charge in [0.05, 0.1) is 19.0 Å². The number of hydrogen-bond acceptors (Lipinski definition) is 10. The Bertz CT molecular complexity index is 1630. The lowest BCUT2D eigenvalue weighted by Gasteiger charge is -2.52. The van der Waals surface area contributed by atoms with Crippen molar-refractivity contribution < 1.29 is 19.1 Å². The molecule has 8 unspecified atom stereocenters. The summed E-state index contributed by atoms with van der Waals surface area (Å²) in [7, 11) is -1.15. The molecule has 8 rings (SSSR count). The Morgan fingerprint density at radius 2 is 1.73 bits per heavy atom. The number of aliphatic hydroxyl groups is 1. The van der Waals surface area contributed by atoms with Crippen molar-refractivity contribution in [3.05, 3.63) is 29.1 Å². The molecule has 3 N–H and O–H groups in total. The van der Waals surface area contributed by atoms with Crippen molar-refractivity contribution in [2.45, 2.75) is 86.8 Å². The molecule has 5 fully saturated rings. The minimum Gasteiger partial charge on any atom is -0.393 e. The molecule has 18 heteroatoms. The Morgan fingerprint density at radius 3 is 2.43 bits per heavy atom. The fourth-order valence-corrected chi connectivity index (χ4v) is 12.9. The predicted octanol–water partition coefficient (Wildman–Crippen LogP) is 7.03. The van der Waals surface area contributed by atoms with E-state index >= 15 is 0 Å². The number of nitrogens with zero attached hydrogens (tertiary/aromatic N) is 7. The number of halogens is 2. The third kappa shape index (κ3) is 9.11. The minimum absolute atomic E-state index is 0.0330. The van der Waals surface area contributed by atoms with Gasteiger partial charge in [0.25, 0.3) is 0 Å². The zero-order valence-corrected chi connectivity index (χ0v) is 32.3. The van der Waals surface area contributed by atoms with Crippen molar-refractivity contribution >= 4 is 59.6 Å². The first-order valence-corrected chi connectivity index (χ1v) is 21.7. The Labute approximate surface area is 313 Å². The Hall–Kier alpha value is -1.84. The van der Waals surface area contributed by atoms with Crippen LogP contribution in [0.3, 0.4) is 0 Å². The van der Waals surface area contributed by atoms with E-state index in [0.717, 1.165) is 73.1 Å². The van der Waals surface area contributed by atoms with Crippen LogP contribution < -0.4 is 5.09 Å². The molecular formula is C33H50Cl2N9O5PS. The van der Waals surface area contributed by atoms with Crippen LogP contribution in [0.4, 0.5) is 5.82 Å². The second kappa shape index (κ2) is 18.0. The highest BCUT2D eigenvalue weighted by Gasteiger charge is 2.49. The van der Waals surface area contributed by atoms with Crippen LogP contribution in [0.1, 0.15) is 70.6 Å². The molecule has 0 spiro atoms. The third-order valence-corrected chi connectivity index (χ3v) is 15.3. The van der Waals surface area contributed by atoms with Gasteiger partial charge in [-0.15, -0.1) is 23.2 Å². The highest BCUT2D eigenvalue weighted by Crippen LogP contribution is 2.57. The summed E-state index contributed by atoms with van der Waals surface area (Å²) in [4.78, 5) is 29.2. The number of H-pyrrole nitrogens is 1. The number of aromatic amines is 1. The summed E-state index contributed by atoms with van der Waals surface area (Å²) < 4.78 is 20.8. The van der Waals surface area contributed by atoms with E-state index in [0.29, 0.717) is 52.7 Å². The second-order valence-electron chi connectivity index (χ2n) is 14.3. The van der Waals surface area contributed by atoms with Gasteiger partial charge in [0.2, 0.25) is 6.33 Å². The monoisotopic (exact) mass is 785 g/mol. The smallest absolute Gasteiger partial charge is 0.393 e. The van der Waals surface area contributed by atoms with Crippen LogP contribution in [-0.4, -0.2) is 88.3 Å². The van der Waals surface area contributed by atoms with E-state index in [2.05, 4.69) is 30.0 Å². The molecule has 5 aliphatic rings. The fourth-order valence-electron chi connectivity index (χ4n) is 9.29. The molecule has 14 nitrogen and oxygen atoms in total. The average Bonchev–Trinajstić information content (AvgIpc) is 3.90. The van der Waals surface area contributed by atoms with Gasteiger partial charge in [0, 0.05) is 38.4 Å². The van der Waals surface area contributed by atoms with E-state index < -0.39 is 12.6 Å². The number of alkyl halides is 2. The molecule has 3 aromatic rings. The van der Waals surface area contributed by atoms with E-state index in [1.165, 1.54) is 57.5 Å². The molecule has 0 radical (unpaired) electrons. The molecule has 0 amide bonds. The van der Waals surface area contributed by atoms with Crippen molar-refractivity contribution in [1.29, 1.82) is 0 Å². The molecule has 0 bridgehead atoms. The van der Waals surface area contributed by atoms with Crippen LogP contribution in [-0.2, 0) is 16.1 Å². The lowest BCUT2D eigenvalue weighted by atomic mass is 9.53. The third-order valence-electron chi connectivity index (χ3n) is 11.5. The van der Waals surface area contributed by atoms with E-state index in [1.807, 2.05) is 0 Å². The Balaban J connectivity index is 0.000000134. The quantitative estimate of drug-likeness (QED) is 0.0700. The summed E-state index contributed by atoms with van der Waals surface area (Å²) in [5, 5.41) is 24.7. The number of nitro groups is 1. The van der Waals surface area contributed by atoms with E-state index in [1.54, 1.807) is 29.1 Å². The van der Waals surface area contributed by atoms with E-state index in [4.69, 9.17) is 27.7 Å². The van der Waals surface area contributed by atoms with Crippen molar-refractivity contribution in [3.8, 4) is 0 Å². The van der Waals surface area contributed by atoms with Crippen molar-refractivity contribution in [1.82, 2.24) is 39.2 Å². The number of nitrogens with one attached hydrogen (secondary N) is 2. The van der Waals surface area contributed by atoms with Crippen LogP contribution in [0.15, 0.2) is 29.0 Å². The Morgan fingerprint density at radius 1 is 1.00 bits per heavy atom. The molecule has 0 aromatic carbocycles. The maximum atomic E-state index is 12.2. The molecule has 1 aliphatic heterocycles. The number of aryl methyl sites for hydroxylation is 1. The topological polar surface area (TPSA) is 177 Å². The van der Waals surface area contributed by atoms with Gasteiger partial charge >= 0.3 is 13.5 Å². The number of aromatic nitrogens is 6. The van der Waals surface area contributed by atoms with Crippen molar-refractivity contribution in [2.24, 2.45) is 42.6 Å². The zero-order valence-electron chi connectivity index (χ0n) is 29.1. The number of imidazole rings is 2. The normalized spacial score (nSPS) is 31.4.